The molecule has 150 valence electrons. The zero-order valence-corrected chi connectivity index (χ0v) is 17.8. The molecule has 29 heavy (non-hydrogen) atoms. The minimum absolute atomic E-state index is 0.165. The number of carbonyl (C=O) groups is 2. The summed E-state index contributed by atoms with van der Waals surface area (Å²) in [5.41, 5.74) is 2.35. The average Bonchev–Trinajstić information content (AvgIpc) is 3.03. The van der Waals surface area contributed by atoms with Gasteiger partial charge in [0.1, 0.15) is 12.3 Å². The van der Waals surface area contributed by atoms with Gasteiger partial charge in [-0.25, -0.2) is 5.01 Å². The lowest BCUT2D eigenvalue weighted by atomic mass is 10.1. The Kier molecular flexibility index (Phi) is 6.30. The van der Waals surface area contributed by atoms with E-state index in [0.29, 0.717) is 16.3 Å². The fraction of sp³-hybridized carbons (Fsp3) is 0.182. The Labute approximate surface area is 179 Å². The van der Waals surface area contributed by atoms with E-state index in [4.69, 9.17) is 27.9 Å². The van der Waals surface area contributed by atoms with Crippen molar-refractivity contribution in [1.29, 1.82) is 0 Å². The molecule has 7 heteroatoms. The second-order valence-electron chi connectivity index (χ2n) is 6.57. The van der Waals surface area contributed by atoms with Gasteiger partial charge < -0.3 is 4.74 Å². The maximum atomic E-state index is 13.4. The van der Waals surface area contributed by atoms with Gasteiger partial charge in [0.25, 0.3) is 5.91 Å². The van der Waals surface area contributed by atoms with Gasteiger partial charge in [0.2, 0.25) is 0 Å². The van der Waals surface area contributed by atoms with Gasteiger partial charge in [-0.2, -0.15) is 0 Å². The molecule has 0 aliphatic rings. The lowest BCUT2D eigenvalue weighted by Gasteiger charge is -2.27. The first kappa shape index (κ1) is 21.0. The smallest absolute Gasteiger partial charge is 0.274 e. The number of carbonyl (C=O) groups excluding carboxylic acids is 2. The molecule has 0 atom stereocenters. The molecule has 0 saturated carbocycles. The first-order valence-electron chi connectivity index (χ1n) is 8.91. The normalized spacial score (nSPS) is 10.7. The molecular formula is C22H20Cl2N2O3. The number of methoxy groups -OCH3 is 1. The molecule has 0 bridgehead atoms. The molecule has 0 saturated heterocycles. The molecule has 0 fully saturated rings. The first-order chi connectivity index (χ1) is 13.8. The summed E-state index contributed by atoms with van der Waals surface area (Å²) in [4.78, 5) is 26.4. The van der Waals surface area contributed by atoms with Gasteiger partial charge in [-0.1, -0.05) is 35.3 Å². The van der Waals surface area contributed by atoms with Crippen LogP contribution in [0, 0.1) is 13.8 Å². The highest BCUT2D eigenvalue weighted by molar-refractivity contribution is 6.37. The number of aromatic nitrogens is 1. The number of hydrogen-bond acceptors (Lipinski definition) is 3. The molecule has 5 nitrogen and oxygen atoms in total. The van der Waals surface area contributed by atoms with Crippen molar-refractivity contribution < 1.29 is 14.3 Å². The van der Waals surface area contributed by atoms with Crippen molar-refractivity contribution in [1.82, 2.24) is 4.68 Å². The Balaban J connectivity index is 2.02. The number of amides is 1. The molecular weight excluding hydrogens is 411 g/mol. The average molecular weight is 431 g/mol. The predicted molar refractivity (Wildman–Crippen MR) is 115 cm³/mol. The Morgan fingerprint density at radius 1 is 1.00 bits per heavy atom. The topological polar surface area (TPSA) is 51.5 Å². The van der Waals surface area contributed by atoms with Crippen LogP contribution in [-0.2, 0) is 0 Å². The molecule has 0 radical (unpaired) electrons. The fourth-order valence-electron chi connectivity index (χ4n) is 3.10. The number of Topliss-reactive ketones (excluding diaryl/α,β-unsaturated/α-hetero) is 1. The summed E-state index contributed by atoms with van der Waals surface area (Å²) in [5, 5.41) is 2.05. The number of benzene rings is 2. The molecule has 1 aromatic heterocycles. The van der Waals surface area contributed by atoms with Gasteiger partial charge in [0.15, 0.2) is 5.78 Å². The molecule has 3 aromatic rings. The number of nitrogens with zero attached hydrogens (tertiary/aromatic N) is 2. The molecule has 0 N–H and O–H groups in total. The third kappa shape index (κ3) is 4.47. The van der Waals surface area contributed by atoms with Crippen molar-refractivity contribution in [2.75, 3.05) is 18.7 Å². The van der Waals surface area contributed by atoms with Crippen LogP contribution in [0.3, 0.4) is 0 Å². The zero-order chi connectivity index (χ0) is 21.1. The maximum absolute atomic E-state index is 13.4. The van der Waals surface area contributed by atoms with E-state index < -0.39 is 5.91 Å². The minimum Gasteiger partial charge on any atom is -0.497 e. The van der Waals surface area contributed by atoms with Crippen LogP contribution in [-0.4, -0.2) is 30.0 Å². The highest BCUT2D eigenvalue weighted by Crippen LogP contribution is 2.23. The Morgan fingerprint density at radius 3 is 2.31 bits per heavy atom. The van der Waals surface area contributed by atoms with Crippen molar-refractivity contribution in [3.63, 3.8) is 0 Å². The summed E-state index contributed by atoms with van der Waals surface area (Å²) >= 11 is 12.2. The van der Waals surface area contributed by atoms with Gasteiger partial charge in [-0.3, -0.25) is 14.3 Å². The molecule has 0 aliphatic carbocycles. The van der Waals surface area contributed by atoms with Gasteiger partial charge >= 0.3 is 0 Å². The zero-order valence-electron chi connectivity index (χ0n) is 16.3. The minimum atomic E-state index is -0.398. The van der Waals surface area contributed by atoms with Crippen LogP contribution in [0.2, 0.25) is 10.0 Å². The van der Waals surface area contributed by atoms with Crippen molar-refractivity contribution in [2.45, 2.75) is 13.8 Å². The third-order valence-corrected chi connectivity index (χ3v) is 5.10. The van der Waals surface area contributed by atoms with Gasteiger partial charge in [0, 0.05) is 22.0 Å². The molecule has 0 unspecified atom stereocenters. The molecule has 0 spiro atoms. The van der Waals surface area contributed by atoms with Crippen LogP contribution < -0.4 is 9.75 Å². The summed E-state index contributed by atoms with van der Waals surface area (Å²) in [6.45, 7) is 3.57. The second kappa shape index (κ2) is 8.72. The number of aryl methyl sites for hydroxylation is 2. The second-order valence-corrected chi connectivity index (χ2v) is 7.41. The fourth-order valence-corrected chi connectivity index (χ4v) is 3.59. The molecule has 1 amide bonds. The van der Waals surface area contributed by atoms with Gasteiger partial charge in [-0.15, -0.1) is 0 Å². The van der Waals surface area contributed by atoms with E-state index in [0.717, 1.165) is 11.4 Å². The first-order valence-corrected chi connectivity index (χ1v) is 9.67. The highest BCUT2D eigenvalue weighted by Gasteiger charge is 2.25. The number of ketones is 1. The summed E-state index contributed by atoms with van der Waals surface area (Å²) in [6.07, 6.45) is 0. The summed E-state index contributed by atoms with van der Waals surface area (Å²) < 4.78 is 6.91. The van der Waals surface area contributed by atoms with Crippen LogP contribution in [0.5, 0.6) is 5.75 Å². The van der Waals surface area contributed by atoms with Crippen LogP contribution >= 0.6 is 23.2 Å². The summed E-state index contributed by atoms with van der Waals surface area (Å²) in [6, 6.07) is 15.3. The SMILES string of the molecule is COc1cccc(C(=O)CN(C(=O)c2ccc(Cl)cc2Cl)n2c(C)ccc2C)c1. The molecule has 1 heterocycles. The third-order valence-electron chi connectivity index (χ3n) is 4.56. The Morgan fingerprint density at radius 2 is 1.69 bits per heavy atom. The lowest BCUT2D eigenvalue weighted by Crippen LogP contribution is -2.45. The predicted octanol–water partition coefficient (Wildman–Crippen LogP) is 5.08. The Bertz CT molecular complexity index is 1060. The Hall–Kier alpha value is -2.76. The summed E-state index contributed by atoms with van der Waals surface area (Å²) in [5.74, 6) is -0.0528. The van der Waals surface area contributed by atoms with Crippen LogP contribution in [0.15, 0.2) is 54.6 Å². The largest absolute Gasteiger partial charge is 0.497 e. The number of ether oxygens (including phenoxy) is 1. The van der Waals surface area contributed by atoms with Crippen molar-refractivity contribution in [2.24, 2.45) is 0 Å². The van der Waals surface area contributed by atoms with Crippen molar-refractivity contribution in [3.05, 3.63) is 87.2 Å². The monoisotopic (exact) mass is 430 g/mol. The summed E-state index contributed by atoms with van der Waals surface area (Å²) in [7, 11) is 1.54. The number of hydrogen-bond donors (Lipinski definition) is 0. The van der Waals surface area contributed by atoms with Crippen LogP contribution in [0.4, 0.5) is 0 Å². The van der Waals surface area contributed by atoms with E-state index in [2.05, 4.69) is 0 Å². The standard InChI is InChI=1S/C22H20Cl2N2O3/c1-14-7-8-15(2)26(14)25(22(28)19-10-9-17(23)12-20(19)24)13-21(27)16-5-4-6-18(11-16)29-3/h4-12H,13H2,1-3H3. The van der Waals surface area contributed by atoms with E-state index in [1.165, 1.54) is 18.2 Å². The van der Waals surface area contributed by atoms with Crippen LogP contribution in [0.1, 0.15) is 32.1 Å². The van der Waals surface area contributed by atoms with E-state index in [1.807, 2.05) is 26.0 Å². The number of halogens is 2. The van der Waals surface area contributed by atoms with Gasteiger partial charge in [-0.05, 0) is 56.3 Å². The van der Waals surface area contributed by atoms with E-state index in [9.17, 15) is 9.59 Å². The molecule has 3 rings (SSSR count). The molecule has 0 aliphatic heterocycles. The molecule has 2 aromatic carbocycles. The van der Waals surface area contributed by atoms with Crippen molar-refractivity contribution >= 4 is 34.9 Å². The van der Waals surface area contributed by atoms with E-state index >= 15 is 0 Å². The maximum Gasteiger partial charge on any atom is 0.274 e. The van der Waals surface area contributed by atoms with E-state index in [-0.39, 0.29) is 22.9 Å². The van der Waals surface area contributed by atoms with E-state index in [1.54, 1.807) is 41.1 Å². The van der Waals surface area contributed by atoms with Gasteiger partial charge in [0.05, 0.1) is 17.7 Å². The quantitative estimate of drug-likeness (QED) is 0.512. The lowest BCUT2D eigenvalue weighted by molar-refractivity contribution is 0.0908. The van der Waals surface area contributed by atoms with Crippen LogP contribution in [0.25, 0.3) is 0 Å². The highest BCUT2D eigenvalue weighted by atomic mass is 35.5. The van der Waals surface area contributed by atoms with Crippen molar-refractivity contribution in [3.8, 4) is 5.75 Å². The number of rotatable bonds is 6.